The van der Waals surface area contributed by atoms with Crippen LogP contribution in [0.2, 0.25) is 0 Å². The minimum atomic E-state index is -0.950. The largest absolute Gasteiger partial charge is 0.507 e. The van der Waals surface area contributed by atoms with Crippen LogP contribution in [0.3, 0.4) is 0 Å². The highest BCUT2D eigenvalue weighted by Crippen LogP contribution is 2.42. The van der Waals surface area contributed by atoms with Crippen LogP contribution in [0.25, 0.3) is 5.76 Å². The molecule has 1 amide bonds. The van der Waals surface area contributed by atoms with E-state index in [9.17, 15) is 19.1 Å². The number of aliphatic hydroxyl groups is 1. The molecule has 1 fully saturated rings. The molecule has 2 aromatic carbocycles. The van der Waals surface area contributed by atoms with Gasteiger partial charge in [0.2, 0.25) is 0 Å². The first-order chi connectivity index (χ1) is 15.5. The number of aryl methyl sites for hydroxylation is 1. The van der Waals surface area contributed by atoms with Gasteiger partial charge in [0.1, 0.15) is 23.4 Å². The number of ether oxygens (including phenoxy) is 1. The van der Waals surface area contributed by atoms with Crippen LogP contribution < -0.4 is 9.64 Å². The molecule has 0 aliphatic carbocycles. The van der Waals surface area contributed by atoms with Gasteiger partial charge < -0.3 is 9.84 Å². The second-order valence-electron chi connectivity index (χ2n) is 7.67. The van der Waals surface area contributed by atoms with E-state index in [0.29, 0.717) is 23.6 Å². The summed E-state index contributed by atoms with van der Waals surface area (Å²) in [5.41, 5.74) is 2.05. The maximum absolute atomic E-state index is 13.5. The number of carbonyl (C=O) groups is 2. The zero-order chi connectivity index (χ0) is 22.2. The number of fused-ring (bicyclic) bond motifs is 1. The normalized spacial score (nSPS) is 19.5. The highest BCUT2D eigenvalue weighted by Gasteiger charge is 2.47. The Bertz CT molecular complexity index is 1240. The number of hydrogen-bond donors (Lipinski definition) is 1. The first-order valence-corrected chi connectivity index (χ1v) is 10.3. The predicted octanol–water partition coefficient (Wildman–Crippen LogP) is 4.17. The van der Waals surface area contributed by atoms with Crippen molar-refractivity contribution in [3.8, 4) is 5.75 Å². The minimum Gasteiger partial charge on any atom is -0.507 e. The number of aliphatic hydroxyl groups excluding tert-OH is 1. The molecule has 1 saturated heterocycles. The lowest BCUT2D eigenvalue weighted by Gasteiger charge is -2.24. The van der Waals surface area contributed by atoms with Gasteiger partial charge in [0.05, 0.1) is 17.9 Å². The van der Waals surface area contributed by atoms with Crippen molar-refractivity contribution in [2.75, 3.05) is 11.5 Å². The molecule has 1 atom stereocenters. The van der Waals surface area contributed by atoms with E-state index in [2.05, 4.69) is 4.98 Å². The Balaban J connectivity index is 1.68. The van der Waals surface area contributed by atoms with Gasteiger partial charge >= 0.3 is 0 Å². The number of anilines is 1. The third kappa shape index (κ3) is 3.32. The second-order valence-corrected chi connectivity index (χ2v) is 7.67. The lowest BCUT2D eigenvalue weighted by atomic mass is 9.96. The number of ketones is 1. The van der Waals surface area contributed by atoms with Crippen molar-refractivity contribution in [3.05, 3.63) is 95.1 Å². The third-order valence-electron chi connectivity index (χ3n) is 5.70. The van der Waals surface area contributed by atoms with Crippen molar-refractivity contribution in [3.63, 3.8) is 0 Å². The highest BCUT2D eigenvalue weighted by molar-refractivity contribution is 6.51. The molecule has 3 aromatic rings. The quantitative estimate of drug-likeness (QED) is 0.383. The number of benzene rings is 2. The molecule has 0 saturated carbocycles. The maximum Gasteiger partial charge on any atom is 0.300 e. The number of amides is 1. The Hall–Kier alpha value is -4.00. The van der Waals surface area contributed by atoms with E-state index in [1.54, 1.807) is 42.6 Å². The predicted molar refractivity (Wildman–Crippen MR) is 116 cm³/mol. The van der Waals surface area contributed by atoms with Crippen molar-refractivity contribution in [2.24, 2.45) is 0 Å². The molecule has 1 aromatic heterocycles. The molecule has 5 rings (SSSR count). The highest BCUT2D eigenvalue weighted by atomic mass is 19.1. The first kappa shape index (κ1) is 19.9. The molecule has 2 aliphatic rings. The van der Waals surface area contributed by atoms with E-state index >= 15 is 0 Å². The Morgan fingerprint density at radius 3 is 2.66 bits per heavy atom. The van der Waals surface area contributed by atoms with Gasteiger partial charge in [-0.15, -0.1) is 0 Å². The van der Waals surface area contributed by atoms with E-state index in [0.717, 1.165) is 24.2 Å². The number of carbonyl (C=O) groups excluding carboxylic acids is 2. The van der Waals surface area contributed by atoms with Gasteiger partial charge in [-0.25, -0.2) is 4.39 Å². The van der Waals surface area contributed by atoms with Crippen molar-refractivity contribution in [1.82, 2.24) is 4.98 Å². The maximum atomic E-state index is 13.5. The van der Waals surface area contributed by atoms with Crippen LogP contribution in [0.15, 0.2) is 72.4 Å². The van der Waals surface area contributed by atoms with Crippen molar-refractivity contribution in [1.29, 1.82) is 0 Å². The number of aromatic nitrogens is 1. The van der Waals surface area contributed by atoms with Crippen molar-refractivity contribution >= 4 is 23.1 Å². The minimum absolute atomic E-state index is 0.0605. The Labute approximate surface area is 183 Å². The third-order valence-corrected chi connectivity index (χ3v) is 5.70. The summed E-state index contributed by atoms with van der Waals surface area (Å²) in [6.45, 7) is 0.640. The van der Waals surface area contributed by atoms with Crippen molar-refractivity contribution in [2.45, 2.75) is 18.9 Å². The van der Waals surface area contributed by atoms with Gasteiger partial charge in [-0.2, -0.15) is 0 Å². The number of halogens is 1. The zero-order valence-electron chi connectivity index (χ0n) is 17.0. The zero-order valence-corrected chi connectivity index (χ0v) is 17.0. The summed E-state index contributed by atoms with van der Waals surface area (Å²) in [5.74, 6) is -1.62. The molecule has 0 radical (unpaired) electrons. The Kier molecular flexibility index (Phi) is 4.93. The van der Waals surface area contributed by atoms with Crippen LogP contribution in [0.1, 0.15) is 29.3 Å². The second kappa shape index (κ2) is 7.92. The first-order valence-electron chi connectivity index (χ1n) is 10.3. The van der Waals surface area contributed by atoms with Gasteiger partial charge in [-0.1, -0.05) is 6.07 Å². The molecule has 1 unspecified atom stereocenters. The Morgan fingerprint density at radius 2 is 1.91 bits per heavy atom. The number of pyridine rings is 1. The summed E-state index contributed by atoms with van der Waals surface area (Å²) in [6, 6.07) is 14.7. The molecule has 0 bridgehead atoms. The van der Waals surface area contributed by atoms with Gasteiger partial charge in [0.15, 0.2) is 0 Å². The monoisotopic (exact) mass is 430 g/mol. The number of nitrogens with zero attached hydrogens (tertiary/aromatic N) is 2. The molecule has 6 nitrogen and oxygen atoms in total. The average molecular weight is 430 g/mol. The summed E-state index contributed by atoms with van der Waals surface area (Å²) < 4.78 is 19.1. The summed E-state index contributed by atoms with van der Waals surface area (Å²) in [7, 11) is 0. The lowest BCUT2D eigenvalue weighted by molar-refractivity contribution is -0.132. The number of Topliss-reactive ketones (excluding diaryl/α,β-unsaturated/α-hetero) is 1. The molecular weight excluding hydrogens is 411 g/mol. The lowest BCUT2D eigenvalue weighted by Crippen LogP contribution is -2.29. The summed E-state index contributed by atoms with van der Waals surface area (Å²) in [6.07, 6.45) is 3.21. The molecule has 2 aliphatic heterocycles. The van der Waals surface area contributed by atoms with Gasteiger partial charge in [0.25, 0.3) is 11.7 Å². The van der Waals surface area contributed by atoms with E-state index in [1.165, 1.54) is 29.2 Å². The fourth-order valence-corrected chi connectivity index (χ4v) is 4.18. The van der Waals surface area contributed by atoms with E-state index in [4.69, 9.17) is 4.74 Å². The van der Waals surface area contributed by atoms with Gasteiger partial charge in [0, 0.05) is 17.4 Å². The van der Waals surface area contributed by atoms with E-state index < -0.39 is 23.5 Å². The van der Waals surface area contributed by atoms with Gasteiger partial charge in [-0.05, 0) is 73.0 Å². The average Bonchev–Trinajstić information content (AvgIpc) is 3.10. The molecule has 160 valence electrons. The van der Waals surface area contributed by atoms with Crippen LogP contribution in [-0.4, -0.2) is 28.4 Å². The molecule has 1 N–H and O–H groups in total. The van der Waals surface area contributed by atoms with Crippen molar-refractivity contribution < 1.29 is 23.8 Å². The van der Waals surface area contributed by atoms with Gasteiger partial charge in [-0.3, -0.25) is 19.5 Å². The number of rotatable bonds is 3. The smallest absolute Gasteiger partial charge is 0.300 e. The topological polar surface area (TPSA) is 79.7 Å². The summed E-state index contributed by atoms with van der Waals surface area (Å²) in [4.78, 5) is 31.7. The Morgan fingerprint density at radius 1 is 1.09 bits per heavy atom. The number of hydrogen-bond acceptors (Lipinski definition) is 5. The molecule has 7 heteroatoms. The van der Waals surface area contributed by atoms with Crippen LogP contribution in [0, 0.1) is 5.82 Å². The summed E-state index contributed by atoms with van der Waals surface area (Å²) >= 11 is 0. The molecule has 3 heterocycles. The standard InChI is InChI=1S/C25H19FN2O4/c26-17-7-9-18(10-8-17)28-22(19-5-1-2-12-27-19)21(24(30)25(28)31)23(29)16-6-11-20-15(14-16)4-3-13-32-20/h1-2,5-12,14,22,29H,3-4,13H2/b23-21-. The van der Waals surface area contributed by atoms with E-state index in [1.807, 2.05) is 0 Å². The molecule has 0 spiro atoms. The van der Waals surface area contributed by atoms with Crippen LogP contribution in [0.4, 0.5) is 10.1 Å². The summed E-state index contributed by atoms with van der Waals surface area (Å²) in [5, 5.41) is 11.2. The SMILES string of the molecule is O=C1C(=O)N(c2ccc(F)cc2)C(c2ccccn2)/C1=C(/O)c1ccc2c(c1)CCCO2. The fraction of sp³-hybridized carbons (Fsp3) is 0.160. The molecular formula is C25H19FN2O4. The molecule has 32 heavy (non-hydrogen) atoms. The van der Waals surface area contributed by atoms with Crippen LogP contribution in [-0.2, 0) is 16.0 Å². The van der Waals surface area contributed by atoms with Crippen LogP contribution in [0.5, 0.6) is 5.75 Å². The fourth-order valence-electron chi connectivity index (χ4n) is 4.18. The van der Waals surface area contributed by atoms with Crippen LogP contribution >= 0.6 is 0 Å². The van der Waals surface area contributed by atoms with E-state index in [-0.39, 0.29) is 11.3 Å².